The predicted octanol–water partition coefficient (Wildman–Crippen LogP) is 3.37. The molecule has 1 aromatic rings. The maximum Gasteiger partial charge on any atom is 0.303 e. The van der Waals surface area contributed by atoms with Crippen LogP contribution in [0.4, 0.5) is 0 Å². The molecule has 9 nitrogen and oxygen atoms in total. The molecule has 9 heteroatoms. The van der Waals surface area contributed by atoms with Crippen LogP contribution in [-0.4, -0.2) is 97.6 Å². The highest BCUT2D eigenvalue weighted by Crippen LogP contribution is 2.26. The molecule has 2 rings (SSSR count). The lowest BCUT2D eigenvalue weighted by Gasteiger charge is -2.23. The molecule has 0 atom stereocenters. The van der Waals surface area contributed by atoms with E-state index in [1.54, 1.807) is 0 Å². The first-order chi connectivity index (χ1) is 17.0. The topological polar surface area (TPSA) is 109 Å². The van der Waals surface area contributed by atoms with Crippen molar-refractivity contribution in [3.05, 3.63) is 24.3 Å². The van der Waals surface area contributed by atoms with Crippen LogP contribution in [0.2, 0.25) is 0 Å². The van der Waals surface area contributed by atoms with Gasteiger partial charge in [-0.1, -0.05) is 25.0 Å². The largest absolute Gasteiger partial charge is 0.488 e. The maximum atomic E-state index is 10.7. The van der Waals surface area contributed by atoms with Crippen LogP contribution < -0.4 is 9.47 Å². The molecular weight excluding hydrogens is 452 g/mol. The lowest BCUT2D eigenvalue weighted by atomic mass is 10.2. The van der Waals surface area contributed by atoms with Crippen molar-refractivity contribution in [2.24, 2.45) is 0 Å². The van der Waals surface area contributed by atoms with Crippen molar-refractivity contribution in [3.63, 3.8) is 0 Å². The number of carbonyl (C=O) groups is 2. The van der Waals surface area contributed by atoms with Crippen molar-refractivity contribution in [1.29, 1.82) is 0 Å². The number of para-hydroxylation sites is 2. The van der Waals surface area contributed by atoms with Crippen LogP contribution in [0, 0.1) is 0 Å². The number of hydrogen-bond donors (Lipinski definition) is 2. The smallest absolute Gasteiger partial charge is 0.303 e. The van der Waals surface area contributed by atoms with Gasteiger partial charge in [-0.15, -0.1) is 0 Å². The van der Waals surface area contributed by atoms with Crippen molar-refractivity contribution < 1.29 is 34.0 Å². The zero-order valence-electron chi connectivity index (χ0n) is 20.9. The third kappa shape index (κ3) is 13.9. The fourth-order valence-corrected chi connectivity index (χ4v) is 4.00. The van der Waals surface area contributed by atoms with Crippen molar-refractivity contribution in [3.8, 4) is 11.5 Å². The number of benzene rings is 1. The number of hydrogen-bond acceptors (Lipinski definition) is 7. The van der Waals surface area contributed by atoms with E-state index in [-0.39, 0.29) is 12.8 Å². The number of rotatable bonds is 12. The Labute approximate surface area is 208 Å². The first kappa shape index (κ1) is 28.9. The standard InChI is InChI=1S/C26H42N2O7/c29-25(30)11-3-1-7-13-27-15-19-33-20-16-28(14-8-2-4-12-26(31)32)18-22-35-24-10-6-5-9-23(24)34-21-17-27/h5-6,9-10H,1-4,7-8,11-22H2,(H,29,30)(H,31,32). The Bertz CT molecular complexity index is 672. The van der Waals surface area contributed by atoms with Crippen molar-refractivity contribution in [2.75, 3.05) is 65.7 Å². The van der Waals surface area contributed by atoms with Crippen molar-refractivity contribution in [1.82, 2.24) is 9.80 Å². The van der Waals surface area contributed by atoms with Crippen LogP contribution >= 0.6 is 0 Å². The molecule has 0 saturated heterocycles. The van der Waals surface area contributed by atoms with Gasteiger partial charge in [0.1, 0.15) is 13.2 Å². The van der Waals surface area contributed by atoms with Gasteiger partial charge in [0.2, 0.25) is 0 Å². The summed E-state index contributed by atoms with van der Waals surface area (Å²) in [5, 5.41) is 17.6. The number of aliphatic carboxylic acids is 2. The van der Waals surface area contributed by atoms with E-state index < -0.39 is 11.9 Å². The first-order valence-electron chi connectivity index (χ1n) is 12.9. The summed E-state index contributed by atoms with van der Waals surface area (Å²) in [6.07, 6.45) is 5.52. The summed E-state index contributed by atoms with van der Waals surface area (Å²) in [6, 6.07) is 7.72. The summed E-state index contributed by atoms with van der Waals surface area (Å²) in [4.78, 5) is 26.0. The Morgan fingerprint density at radius 1 is 0.657 bits per heavy atom. The summed E-state index contributed by atoms with van der Waals surface area (Å²) in [7, 11) is 0. The Morgan fingerprint density at radius 2 is 1.09 bits per heavy atom. The Morgan fingerprint density at radius 3 is 1.51 bits per heavy atom. The fraction of sp³-hybridized carbons (Fsp3) is 0.692. The first-order valence-corrected chi connectivity index (χ1v) is 12.9. The average molecular weight is 495 g/mol. The van der Waals surface area contributed by atoms with E-state index in [0.29, 0.717) is 39.3 Å². The Hall–Kier alpha value is -2.36. The number of unbranched alkanes of at least 4 members (excludes halogenated alkanes) is 4. The fourth-order valence-electron chi connectivity index (χ4n) is 4.00. The number of fused-ring (bicyclic) bond motifs is 1. The van der Waals surface area contributed by atoms with Gasteiger partial charge in [0.25, 0.3) is 0 Å². The molecule has 1 aliphatic heterocycles. The van der Waals surface area contributed by atoms with Gasteiger partial charge in [-0.25, -0.2) is 0 Å². The molecule has 0 radical (unpaired) electrons. The second-order valence-electron chi connectivity index (χ2n) is 8.85. The summed E-state index contributed by atoms with van der Waals surface area (Å²) in [6.45, 7) is 7.24. The Kier molecular flexibility index (Phi) is 14.8. The zero-order valence-corrected chi connectivity index (χ0v) is 20.9. The van der Waals surface area contributed by atoms with Gasteiger partial charge < -0.3 is 24.4 Å². The summed E-state index contributed by atoms with van der Waals surface area (Å²) in [5.41, 5.74) is 0. The van der Waals surface area contributed by atoms with Crippen LogP contribution in [0.25, 0.3) is 0 Å². The van der Waals surface area contributed by atoms with Crippen molar-refractivity contribution >= 4 is 11.9 Å². The van der Waals surface area contributed by atoms with Gasteiger partial charge in [0.15, 0.2) is 11.5 Å². The molecule has 0 fully saturated rings. The highest BCUT2D eigenvalue weighted by molar-refractivity contribution is 5.66. The van der Waals surface area contributed by atoms with E-state index in [4.69, 9.17) is 24.4 Å². The minimum atomic E-state index is -0.740. The average Bonchev–Trinajstić information content (AvgIpc) is 2.83. The summed E-state index contributed by atoms with van der Waals surface area (Å²) >= 11 is 0. The van der Waals surface area contributed by atoms with Gasteiger partial charge in [0.05, 0.1) is 13.2 Å². The molecule has 0 aromatic heterocycles. The number of carboxylic acids is 2. The molecule has 2 N–H and O–H groups in total. The van der Waals surface area contributed by atoms with Crippen LogP contribution in [0.3, 0.4) is 0 Å². The summed E-state index contributed by atoms with van der Waals surface area (Å²) in [5.74, 6) is -0.00657. The molecule has 1 aromatic carbocycles. The molecule has 0 bridgehead atoms. The number of carboxylic acid groups (broad SMARTS) is 2. The molecule has 0 amide bonds. The second kappa shape index (κ2) is 18.0. The van der Waals surface area contributed by atoms with E-state index >= 15 is 0 Å². The van der Waals surface area contributed by atoms with Crippen LogP contribution in [0.5, 0.6) is 11.5 Å². The second-order valence-corrected chi connectivity index (χ2v) is 8.85. The minimum Gasteiger partial charge on any atom is -0.488 e. The lowest BCUT2D eigenvalue weighted by Crippen LogP contribution is -2.34. The van der Waals surface area contributed by atoms with Crippen LogP contribution in [-0.2, 0) is 14.3 Å². The zero-order chi connectivity index (χ0) is 25.1. The third-order valence-electron chi connectivity index (χ3n) is 6.01. The quantitative estimate of drug-likeness (QED) is 0.423. The molecule has 0 spiro atoms. The maximum absolute atomic E-state index is 10.7. The third-order valence-corrected chi connectivity index (χ3v) is 6.01. The van der Waals surface area contributed by atoms with E-state index in [2.05, 4.69) is 9.80 Å². The molecule has 0 aliphatic carbocycles. The highest BCUT2D eigenvalue weighted by atomic mass is 16.5. The van der Waals surface area contributed by atoms with Gasteiger partial charge in [-0.3, -0.25) is 19.4 Å². The minimum absolute atomic E-state index is 0.221. The van der Waals surface area contributed by atoms with Crippen LogP contribution in [0.1, 0.15) is 51.4 Å². The normalized spacial score (nSPS) is 16.8. The highest BCUT2D eigenvalue weighted by Gasteiger charge is 2.11. The number of ether oxygens (including phenoxy) is 3. The molecule has 1 heterocycles. The molecule has 35 heavy (non-hydrogen) atoms. The monoisotopic (exact) mass is 494 g/mol. The van der Waals surface area contributed by atoms with E-state index in [9.17, 15) is 9.59 Å². The van der Waals surface area contributed by atoms with Crippen LogP contribution in [0.15, 0.2) is 24.3 Å². The Balaban J connectivity index is 1.88. The summed E-state index contributed by atoms with van der Waals surface area (Å²) < 4.78 is 18.0. The van der Waals surface area contributed by atoms with E-state index in [1.807, 2.05) is 24.3 Å². The molecular formula is C26H42N2O7. The van der Waals surface area contributed by atoms with E-state index in [1.165, 1.54) is 0 Å². The van der Waals surface area contributed by atoms with Crippen molar-refractivity contribution in [2.45, 2.75) is 51.4 Å². The van der Waals surface area contributed by atoms with Gasteiger partial charge in [0, 0.05) is 39.0 Å². The van der Waals surface area contributed by atoms with Gasteiger partial charge in [-0.05, 0) is 50.9 Å². The SMILES string of the molecule is O=C(O)CCCCCN1CCOCCN(CCCCCC(=O)O)CCOc2ccccc2OCC1. The number of nitrogens with zero attached hydrogens (tertiary/aromatic N) is 2. The lowest BCUT2D eigenvalue weighted by molar-refractivity contribution is -0.138. The molecule has 0 unspecified atom stereocenters. The van der Waals surface area contributed by atoms with Gasteiger partial charge >= 0.3 is 11.9 Å². The predicted molar refractivity (Wildman–Crippen MR) is 133 cm³/mol. The van der Waals surface area contributed by atoms with Gasteiger partial charge in [-0.2, -0.15) is 0 Å². The molecule has 198 valence electrons. The van der Waals surface area contributed by atoms with E-state index in [0.717, 1.165) is 76.5 Å². The molecule has 1 aliphatic rings. The molecule has 0 saturated carbocycles.